The molecule has 0 atom stereocenters. The van der Waals surface area contributed by atoms with Crippen molar-refractivity contribution in [3.05, 3.63) is 89.5 Å². The number of benzene rings is 3. The number of carbonyl (C=O) groups excluding carboxylic acids is 1. The highest BCUT2D eigenvalue weighted by atomic mass is 32.2. The Morgan fingerprint density at radius 1 is 1.00 bits per heavy atom. The third-order valence-electron chi connectivity index (χ3n) is 5.32. The van der Waals surface area contributed by atoms with Gasteiger partial charge in [0.15, 0.2) is 5.17 Å². The van der Waals surface area contributed by atoms with E-state index in [1.54, 1.807) is 30.9 Å². The van der Waals surface area contributed by atoms with Crippen LogP contribution < -0.4 is 9.47 Å². The van der Waals surface area contributed by atoms with E-state index in [4.69, 9.17) is 14.5 Å². The van der Waals surface area contributed by atoms with E-state index in [1.807, 2.05) is 60.7 Å². The van der Waals surface area contributed by atoms with Gasteiger partial charge >= 0.3 is 0 Å². The number of carbonyl (C=O) groups is 1. The minimum absolute atomic E-state index is 0.0238. The number of rotatable bonds is 6. The van der Waals surface area contributed by atoms with E-state index in [9.17, 15) is 4.79 Å². The van der Waals surface area contributed by atoms with E-state index in [-0.39, 0.29) is 5.91 Å². The molecule has 0 bridgehead atoms. The van der Waals surface area contributed by atoms with Crippen LogP contribution in [-0.4, -0.2) is 42.5 Å². The number of methoxy groups -OCH3 is 2. The van der Waals surface area contributed by atoms with Gasteiger partial charge in [-0.15, -0.1) is 0 Å². The largest absolute Gasteiger partial charge is 0.497 e. The molecule has 0 saturated carbocycles. The number of hydrogen-bond donors (Lipinski definition) is 0. The molecular weight excluding hydrogens is 420 g/mol. The van der Waals surface area contributed by atoms with Crippen LogP contribution in [0.5, 0.6) is 11.5 Å². The molecule has 1 amide bonds. The zero-order valence-corrected chi connectivity index (χ0v) is 19.1. The lowest BCUT2D eigenvalue weighted by Gasteiger charge is -2.28. The van der Waals surface area contributed by atoms with E-state index < -0.39 is 0 Å². The number of thioether (sulfide) groups is 1. The fraction of sp³-hybridized carbons (Fsp3) is 0.231. The molecule has 1 saturated heterocycles. The molecule has 1 heterocycles. The predicted molar refractivity (Wildman–Crippen MR) is 130 cm³/mol. The minimum atomic E-state index is -0.0238. The number of ether oxygens (including phenoxy) is 2. The average molecular weight is 447 g/mol. The molecule has 0 aliphatic carbocycles. The summed E-state index contributed by atoms with van der Waals surface area (Å²) in [6.45, 7) is 0.636. The summed E-state index contributed by atoms with van der Waals surface area (Å²) in [5.41, 5.74) is 3.55. The fourth-order valence-electron chi connectivity index (χ4n) is 3.67. The Bertz CT molecular complexity index is 1120. The second-order valence-electron chi connectivity index (χ2n) is 7.41. The lowest BCUT2D eigenvalue weighted by Crippen LogP contribution is -2.39. The van der Waals surface area contributed by atoms with Gasteiger partial charge in [-0.2, -0.15) is 0 Å². The molecule has 1 aliphatic rings. The summed E-state index contributed by atoms with van der Waals surface area (Å²) in [5, 5.41) is 0.683. The number of amidine groups is 1. The van der Waals surface area contributed by atoms with E-state index in [2.05, 4.69) is 12.1 Å². The molecule has 1 fully saturated rings. The van der Waals surface area contributed by atoms with Crippen molar-refractivity contribution in [1.29, 1.82) is 0 Å². The molecular formula is C26H26N2O3S. The van der Waals surface area contributed by atoms with Crippen LogP contribution in [0.15, 0.2) is 77.8 Å². The standard InChI is InChI=1S/C26H26N2O3S/c1-30-21-13-14-24(31-2)23(18-21)27-26-28(15-8-16-32-26)25(29)22-12-7-6-11-20(22)17-19-9-4-3-5-10-19/h3-7,9-14,18H,8,15-17H2,1-2H3. The molecule has 0 spiro atoms. The summed E-state index contributed by atoms with van der Waals surface area (Å²) in [4.78, 5) is 20.3. The van der Waals surface area contributed by atoms with Gasteiger partial charge in [0.2, 0.25) is 0 Å². The lowest BCUT2D eigenvalue weighted by molar-refractivity contribution is 0.0848. The molecule has 32 heavy (non-hydrogen) atoms. The quantitative estimate of drug-likeness (QED) is 0.497. The Hall–Kier alpha value is -3.25. The van der Waals surface area contributed by atoms with Gasteiger partial charge in [-0.05, 0) is 42.2 Å². The molecule has 164 valence electrons. The van der Waals surface area contributed by atoms with E-state index in [0.717, 1.165) is 17.7 Å². The first-order chi connectivity index (χ1) is 15.7. The van der Waals surface area contributed by atoms with Gasteiger partial charge in [-0.3, -0.25) is 9.69 Å². The van der Waals surface area contributed by atoms with Crippen molar-refractivity contribution in [1.82, 2.24) is 4.90 Å². The zero-order valence-electron chi connectivity index (χ0n) is 18.3. The van der Waals surface area contributed by atoms with Gasteiger partial charge < -0.3 is 9.47 Å². The van der Waals surface area contributed by atoms with Crippen LogP contribution >= 0.6 is 11.8 Å². The first-order valence-corrected chi connectivity index (χ1v) is 11.6. The van der Waals surface area contributed by atoms with Crippen LogP contribution in [0.2, 0.25) is 0 Å². The predicted octanol–water partition coefficient (Wildman–Crippen LogP) is 5.56. The zero-order chi connectivity index (χ0) is 22.3. The molecule has 3 aromatic rings. The molecule has 0 unspecified atom stereocenters. The summed E-state index contributed by atoms with van der Waals surface area (Å²) >= 11 is 1.59. The van der Waals surface area contributed by atoms with Gasteiger partial charge in [-0.25, -0.2) is 4.99 Å². The minimum Gasteiger partial charge on any atom is -0.497 e. The highest BCUT2D eigenvalue weighted by Gasteiger charge is 2.26. The SMILES string of the molecule is COc1ccc(OC)c(N=C2SCCCN2C(=O)c2ccccc2Cc2ccccc2)c1. The van der Waals surface area contributed by atoms with Gasteiger partial charge in [0.1, 0.15) is 17.2 Å². The first-order valence-electron chi connectivity index (χ1n) is 10.6. The molecule has 6 heteroatoms. The van der Waals surface area contributed by atoms with Crippen molar-refractivity contribution in [2.45, 2.75) is 12.8 Å². The van der Waals surface area contributed by atoms with E-state index >= 15 is 0 Å². The third kappa shape index (κ3) is 4.97. The maximum atomic E-state index is 13.7. The van der Waals surface area contributed by atoms with Crippen LogP contribution in [0.25, 0.3) is 0 Å². The van der Waals surface area contributed by atoms with Crippen molar-refractivity contribution in [3.8, 4) is 11.5 Å². The van der Waals surface area contributed by atoms with Crippen LogP contribution in [0.3, 0.4) is 0 Å². The highest BCUT2D eigenvalue weighted by Crippen LogP contribution is 2.34. The molecule has 1 aliphatic heterocycles. The van der Waals surface area contributed by atoms with E-state index in [0.29, 0.717) is 40.9 Å². The monoisotopic (exact) mass is 446 g/mol. The van der Waals surface area contributed by atoms with Crippen molar-refractivity contribution in [2.75, 3.05) is 26.5 Å². The second kappa shape index (κ2) is 10.4. The summed E-state index contributed by atoms with van der Waals surface area (Å²) in [7, 11) is 3.23. The molecule has 0 N–H and O–H groups in total. The molecule has 0 radical (unpaired) electrons. The molecule has 3 aromatic carbocycles. The van der Waals surface area contributed by atoms with Gasteiger partial charge in [0, 0.05) is 23.9 Å². The van der Waals surface area contributed by atoms with Crippen LogP contribution in [0, 0.1) is 0 Å². The van der Waals surface area contributed by atoms with E-state index in [1.165, 1.54) is 5.56 Å². The Kier molecular flexibility index (Phi) is 7.12. The van der Waals surface area contributed by atoms with Crippen molar-refractivity contribution >= 4 is 28.5 Å². The Morgan fingerprint density at radius 2 is 1.78 bits per heavy atom. The maximum Gasteiger partial charge on any atom is 0.260 e. The second-order valence-corrected chi connectivity index (χ2v) is 8.47. The fourth-order valence-corrected chi connectivity index (χ4v) is 4.62. The number of hydrogen-bond acceptors (Lipinski definition) is 5. The average Bonchev–Trinajstić information content (AvgIpc) is 2.85. The van der Waals surface area contributed by atoms with Crippen LogP contribution in [0.4, 0.5) is 5.69 Å². The highest BCUT2D eigenvalue weighted by molar-refractivity contribution is 8.13. The smallest absolute Gasteiger partial charge is 0.260 e. The summed E-state index contributed by atoms with van der Waals surface area (Å²) in [5.74, 6) is 2.23. The molecule has 5 nitrogen and oxygen atoms in total. The summed E-state index contributed by atoms with van der Waals surface area (Å²) in [6, 6.07) is 23.5. The number of nitrogens with zero attached hydrogens (tertiary/aromatic N) is 2. The lowest BCUT2D eigenvalue weighted by atomic mass is 9.99. The van der Waals surface area contributed by atoms with Crippen molar-refractivity contribution in [2.24, 2.45) is 4.99 Å². The third-order valence-corrected chi connectivity index (χ3v) is 6.38. The van der Waals surface area contributed by atoms with Gasteiger partial charge in [0.25, 0.3) is 5.91 Å². The Balaban J connectivity index is 1.67. The molecule has 0 aromatic heterocycles. The Labute approximate surface area is 193 Å². The first kappa shape index (κ1) is 22.0. The van der Waals surface area contributed by atoms with Crippen LogP contribution in [-0.2, 0) is 6.42 Å². The number of amides is 1. The summed E-state index contributed by atoms with van der Waals surface area (Å²) < 4.78 is 10.8. The number of aliphatic imine (C=N–C) groups is 1. The maximum absolute atomic E-state index is 13.7. The van der Waals surface area contributed by atoms with Gasteiger partial charge in [0.05, 0.1) is 14.2 Å². The van der Waals surface area contributed by atoms with Crippen molar-refractivity contribution < 1.29 is 14.3 Å². The van der Waals surface area contributed by atoms with Crippen molar-refractivity contribution in [3.63, 3.8) is 0 Å². The van der Waals surface area contributed by atoms with Crippen LogP contribution in [0.1, 0.15) is 27.9 Å². The van der Waals surface area contributed by atoms with Gasteiger partial charge in [-0.1, -0.05) is 60.3 Å². The Morgan fingerprint density at radius 3 is 2.56 bits per heavy atom. The normalized spacial score (nSPS) is 14.9. The summed E-state index contributed by atoms with van der Waals surface area (Å²) in [6.07, 6.45) is 1.63. The topological polar surface area (TPSA) is 51.1 Å². The molecule has 4 rings (SSSR count).